The van der Waals surface area contributed by atoms with Crippen LogP contribution in [0.1, 0.15) is 18.9 Å². The number of nitriles is 1. The zero-order chi connectivity index (χ0) is 19.4. The van der Waals surface area contributed by atoms with Gasteiger partial charge in [0, 0.05) is 11.6 Å². The first-order valence-electron chi connectivity index (χ1n) is 8.13. The maximum Gasteiger partial charge on any atom is 0.262 e. The summed E-state index contributed by atoms with van der Waals surface area (Å²) in [5.74, 6) is -0.187. The first kappa shape index (κ1) is 19.4. The van der Waals surface area contributed by atoms with Crippen LogP contribution in [0.4, 0.5) is 5.00 Å². The minimum absolute atomic E-state index is 0.0744. The van der Waals surface area contributed by atoms with Crippen molar-refractivity contribution in [2.75, 3.05) is 11.1 Å². The van der Waals surface area contributed by atoms with Crippen LogP contribution in [0.5, 0.6) is 0 Å². The second-order valence-corrected chi connectivity index (χ2v) is 7.92. The first-order chi connectivity index (χ1) is 13.0. The van der Waals surface area contributed by atoms with Gasteiger partial charge in [-0.1, -0.05) is 30.3 Å². The number of thioether (sulfide) groups is 1. The van der Waals surface area contributed by atoms with E-state index in [1.165, 1.54) is 23.1 Å². The molecule has 1 aromatic carbocycles. The fourth-order valence-corrected chi connectivity index (χ4v) is 4.24. The van der Waals surface area contributed by atoms with Gasteiger partial charge < -0.3 is 5.32 Å². The van der Waals surface area contributed by atoms with Gasteiger partial charge >= 0.3 is 0 Å². The number of anilines is 1. The van der Waals surface area contributed by atoms with Crippen LogP contribution in [0.15, 0.2) is 39.6 Å². The Balaban J connectivity index is 1.85. The maximum absolute atomic E-state index is 12.8. The highest BCUT2D eigenvalue weighted by molar-refractivity contribution is 7.99. The molecule has 0 saturated carbocycles. The lowest BCUT2D eigenvalue weighted by atomic mass is 10.2. The van der Waals surface area contributed by atoms with Crippen LogP contribution < -0.4 is 10.9 Å². The first-order valence-corrected chi connectivity index (χ1v) is 10.4. The summed E-state index contributed by atoms with van der Waals surface area (Å²) in [7, 11) is 0. The van der Waals surface area contributed by atoms with E-state index in [1.807, 2.05) is 13.0 Å². The molecular weight excluding hydrogens is 404 g/mol. The van der Waals surface area contributed by atoms with Crippen molar-refractivity contribution < 1.29 is 4.79 Å². The Morgan fingerprint density at radius 1 is 1.44 bits per heavy atom. The molecule has 2 aromatic heterocycles. The topological polar surface area (TPSA) is 87.8 Å². The molecule has 1 amide bonds. The number of thiophene rings is 1. The standard InChI is InChI=1S/C18H15ClN4O2S2/c1-2-6-23-17(25)13-4-3-12(19)8-14(13)21-18(23)27-10-15(24)22-16-11(9-20)5-7-26-16/h3-5,7-8H,2,6,10H2,1H3,(H,22,24). The summed E-state index contributed by atoms with van der Waals surface area (Å²) in [4.78, 5) is 29.5. The number of halogens is 1. The molecule has 0 atom stereocenters. The zero-order valence-corrected chi connectivity index (χ0v) is 16.7. The monoisotopic (exact) mass is 418 g/mol. The normalized spacial score (nSPS) is 10.7. The quantitative estimate of drug-likeness (QED) is 0.480. The molecule has 0 fully saturated rings. The van der Waals surface area contributed by atoms with Crippen molar-refractivity contribution in [3.8, 4) is 6.07 Å². The van der Waals surface area contributed by atoms with Crippen LogP contribution in [-0.4, -0.2) is 21.2 Å². The van der Waals surface area contributed by atoms with Gasteiger partial charge in [-0.05, 0) is 36.1 Å². The lowest BCUT2D eigenvalue weighted by molar-refractivity contribution is -0.113. The molecule has 2 heterocycles. The second kappa shape index (κ2) is 8.57. The predicted molar refractivity (Wildman–Crippen MR) is 110 cm³/mol. The number of hydrogen-bond donors (Lipinski definition) is 1. The van der Waals surface area contributed by atoms with Gasteiger partial charge in [0.05, 0.1) is 22.2 Å². The number of carbonyl (C=O) groups excluding carboxylic acids is 1. The van der Waals surface area contributed by atoms with E-state index in [0.717, 1.165) is 6.42 Å². The van der Waals surface area contributed by atoms with Crippen molar-refractivity contribution in [2.24, 2.45) is 0 Å². The molecule has 0 radical (unpaired) electrons. The van der Waals surface area contributed by atoms with Crippen LogP contribution in [-0.2, 0) is 11.3 Å². The Hall–Kier alpha value is -2.34. The maximum atomic E-state index is 12.8. The van der Waals surface area contributed by atoms with Gasteiger partial charge in [-0.15, -0.1) is 11.3 Å². The van der Waals surface area contributed by atoms with Crippen molar-refractivity contribution >= 4 is 56.5 Å². The number of fused-ring (bicyclic) bond motifs is 1. The molecule has 0 bridgehead atoms. The Morgan fingerprint density at radius 3 is 3.00 bits per heavy atom. The molecule has 3 aromatic rings. The summed E-state index contributed by atoms with van der Waals surface area (Å²) in [5, 5.41) is 15.5. The Bertz CT molecular complexity index is 1100. The van der Waals surface area contributed by atoms with Crippen molar-refractivity contribution in [3.63, 3.8) is 0 Å². The largest absolute Gasteiger partial charge is 0.316 e. The minimum Gasteiger partial charge on any atom is -0.316 e. The van der Waals surface area contributed by atoms with Gasteiger partial charge in [0.1, 0.15) is 11.1 Å². The molecule has 0 aliphatic carbocycles. The van der Waals surface area contributed by atoms with E-state index in [-0.39, 0.29) is 17.2 Å². The average Bonchev–Trinajstić information content (AvgIpc) is 3.09. The molecule has 9 heteroatoms. The van der Waals surface area contributed by atoms with E-state index in [1.54, 1.807) is 34.2 Å². The summed E-state index contributed by atoms with van der Waals surface area (Å²) in [5.41, 5.74) is 0.791. The van der Waals surface area contributed by atoms with Gasteiger partial charge in [0.2, 0.25) is 5.91 Å². The van der Waals surface area contributed by atoms with Crippen molar-refractivity contribution in [2.45, 2.75) is 25.0 Å². The predicted octanol–water partition coefficient (Wildman–Crippen LogP) is 4.12. The SMILES string of the molecule is CCCn1c(SCC(=O)Nc2sccc2C#N)nc2cc(Cl)ccc2c1=O. The summed E-state index contributed by atoms with van der Waals surface area (Å²) >= 11 is 8.49. The molecule has 138 valence electrons. The molecule has 1 N–H and O–H groups in total. The van der Waals surface area contributed by atoms with Gasteiger partial charge in [0.15, 0.2) is 5.16 Å². The smallest absolute Gasteiger partial charge is 0.262 e. The molecule has 3 rings (SSSR count). The fourth-order valence-electron chi connectivity index (χ4n) is 2.49. The highest BCUT2D eigenvalue weighted by Gasteiger charge is 2.14. The summed E-state index contributed by atoms with van der Waals surface area (Å²) in [6.45, 7) is 2.48. The van der Waals surface area contributed by atoms with Gasteiger partial charge in [-0.25, -0.2) is 4.98 Å². The summed E-state index contributed by atoms with van der Waals surface area (Å²) < 4.78 is 1.58. The number of hydrogen-bond acceptors (Lipinski definition) is 6. The van der Waals surface area contributed by atoms with Crippen molar-refractivity contribution in [1.29, 1.82) is 5.26 Å². The third-order valence-corrected chi connectivity index (χ3v) is 5.74. The molecule has 0 aliphatic heterocycles. The number of rotatable bonds is 6. The lowest BCUT2D eigenvalue weighted by Gasteiger charge is -2.12. The number of aromatic nitrogens is 2. The van der Waals surface area contributed by atoms with Crippen molar-refractivity contribution in [1.82, 2.24) is 9.55 Å². The van der Waals surface area contributed by atoms with Crippen molar-refractivity contribution in [3.05, 3.63) is 50.6 Å². The third-order valence-electron chi connectivity index (χ3n) is 3.70. The highest BCUT2D eigenvalue weighted by atomic mass is 35.5. The zero-order valence-electron chi connectivity index (χ0n) is 14.4. The molecule has 27 heavy (non-hydrogen) atoms. The second-order valence-electron chi connectivity index (χ2n) is 5.62. The number of benzene rings is 1. The van der Waals surface area contributed by atoms with E-state index >= 15 is 0 Å². The molecule has 0 aliphatic rings. The van der Waals surface area contributed by atoms with E-state index in [0.29, 0.717) is 38.2 Å². The van der Waals surface area contributed by atoms with Crippen LogP contribution in [0.3, 0.4) is 0 Å². The van der Waals surface area contributed by atoms with E-state index in [4.69, 9.17) is 16.9 Å². The molecule has 6 nitrogen and oxygen atoms in total. The fraction of sp³-hybridized carbons (Fsp3) is 0.222. The van der Waals surface area contributed by atoms with E-state index in [2.05, 4.69) is 10.3 Å². The average molecular weight is 419 g/mol. The van der Waals surface area contributed by atoms with Crippen LogP contribution in [0.25, 0.3) is 10.9 Å². The molecular formula is C18H15ClN4O2S2. The van der Waals surface area contributed by atoms with E-state index < -0.39 is 0 Å². The van der Waals surface area contributed by atoms with Gasteiger partial charge in [-0.3, -0.25) is 14.2 Å². The summed E-state index contributed by atoms with van der Waals surface area (Å²) in [6, 6.07) is 8.66. The number of nitrogens with zero attached hydrogens (tertiary/aromatic N) is 3. The van der Waals surface area contributed by atoms with Gasteiger partial charge in [0.25, 0.3) is 5.56 Å². The summed E-state index contributed by atoms with van der Waals surface area (Å²) in [6.07, 6.45) is 0.765. The van der Waals surface area contributed by atoms with Gasteiger partial charge in [-0.2, -0.15) is 5.26 Å². The molecule has 0 spiro atoms. The van der Waals surface area contributed by atoms with Crippen LogP contribution in [0, 0.1) is 11.3 Å². The van der Waals surface area contributed by atoms with Crippen LogP contribution in [0.2, 0.25) is 5.02 Å². The Labute approximate surface area is 168 Å². The Morgan fingerprint density at radius 2 is 2.26 bits per heavy atom. The molecule has 0 unspecified atom stereocenters. The number of amides is 1. The molecule has 0 saturated heterocycles. The Kier molecular flexibility index (Phi) is 6.16. The third kappa shape index (κ3) is 4.33. The number of nitrogens with one attached hydrogen (secondary N) is 1. The number of carbonyl (C=O) groups is 1. The highest BCUT2D eigenvalue weighted by Crippen LogP contribution is 2.24. The minimum atomic E-state index is -0.262. The lowest BCUT2D eigenvalue weighted by Crippen LogP contribution is -2.24. The van der Waals surface area contributed by atoms with Crippen LogP contribution >= 0.6 is 34.7 Å². The van der Waals surface area contributed by atoms with E-state index in [9.17, 15) is 9.59 Å².